The maximum Gasteiger partial charge on any atom is 0.226 e. The number of halogens is 2. The van der Waals surface area contributed by atoms with E-state index in [9.17, 15) is 4.79 Å². The van der Waals surface area contributed by atoms with E-state index in [1.807, 2.05) is 24.4 Å². The third-order valence-electron chi connectivity index (χ3n) is 5.79. The van der Waals surface area contributed by atoms with Crippen LogP contribution in [0.4, 0.5) is 0 Å². The highest BCUT2D eigenvalue weighted by Gasteiger charge is 2.36. The van der Waals surface area contributed by atoms with Crippen LogP contribution in [0.15, 0.2) is 24.4 Å². The summed E-state index contributed by atoms with van der Waals surface area (Å²) in [7, 11) is 0. The molecule has 1 saturated heterocycles. The monoisotopic (exact) mass is 399 g/mol. The topological polar surface area (TPSA) is 76.5 Å². The minimum Gasteiger partial charge on any atom is -0.342 e. The van der Waals surface area contributed by atoms with Gasteiger partial charge in [0, 0.05) is 31.1 Å². The second kappa shape index (κ2) is 9.02. The molecular formula is C18H27Cl2N5O. The van der Waals surface area contributed by atoms with Crippen LogP contribution in [0.5, 0.6) is 0 Å². The quantitative estimate of drug-likeness (QED) is 0.860. The number of carbonyl (C=O) groups is 1. The Hall–Kier alpha value is -1.37. The number of amides is 1. The van der Waals surface area contributed by atoms with Crippen LogP contribution in [-0.4, -0.2) is 45.0 Å². The van der Waals surface area contributed by atoms with Gasteiger partial charge in [0.25, 0.3) is 0 Å². The molecule has 1 aliphatic heterocycles. The van der Waals surface area contributed by atoms with Crippen molar-refractivity contribution in [3.63, 3.8) is 0 Å². The molecule has 144 valence electrons. The van der Waals surface area contributed by atoms with Gasteiger partial charge in [-0.2, -0.15) is 0 Å². The summed E-state index contributed by atoms with van der Waals surface area (Å²) >= 11 is 0. The molecule has 6 nitrogen and oxygen atoms in total. The van der Waals surface area contributed by atoms with Gasteiger partial charge in [-0.15, -0.1) is 35.0 Å². The number of rotatable bonds is 3. The zero-order valence-electron chi connectivity index (χ0n) is 14.8. The maximum atomic E-state index is 12.8. The van der Waals surface area contributed by atoms with Crippen LogP contribution in [-0.2, 0) is 4.79 Å². The second-order valence-electron chi connectivity index (χ2n) is 7.12. The molecule has 2 N–H and O–H groups in total. The number of piperidine rings is 1. The van der Waals surface area contributed by atoms with Crippen molar-refractivity contribution in [1.29, 1.82) is 0 Å². The van der Waals surface area contributed by atoms with E-state index in [1.165, 1.54) is 0 Å². The van der Waals surface area contributed by atoms with Gasteiger partial charge < -0.3 is 10.6 Å². The van der Waals surface area contributed by atoms with Crippen molar-refractivity contribution >= 4 is 36.4 Å². The number of hydrogen-bond donors (Lipinski definition) is 1. The molecule has 2 fully saturated rings. The molecule has 8 heteroatoms. The fourth-order valence-electron chi connectivity index (χ4n) is 4.37. The third kappa shape index (κ3) is 3.82. The summed E-state index contributed by atoms with van der Waals surface area (Å²) in [5, 5.41) is 8.64. The summed E-state index contributed by atoms with van der Waals surface area (Å²) in [4.78, 5) is 14.9. The Morgan fingerprint density at radius 2 is 1.88 bits per heavy atom. The van der Waals surface area contributed by atoms with Gasteiger partial charge >= 0.3 is 0 Å². The lowest BCUT2D eigenvalue weighted by Crippen LogP contribution is -2.43. The van der Waals surface area contributed by atoms with E-state index in [0.29, 0.717) is 24.3 Å². The average Bonchev–Trinajstić information content (AvgIpc) is 3.28. The Labute approximate surface area is 166 Å². The summed E-state index contributed by atoms with van der Waals surface area (Å²) in [5.74, 6) is 2.27. The van der Waals surface area contributed by atoms with Crippen LogP contribution in [0.25, 0.3) is 5.65 Å². The van der Waals surface area contributed by atoms with Crippen molar-refractivity contribution in [2.45, 2.75) is 38.0 Å². The molecule has 0 aromatic carbocycles. The minimum atomic E-state index is 0. The Balaban J connectivity index is 0.00000121. The molecule has 0 radical (unpaired) electrons. The van der Waals surface area contributed by atoms with E-state index < -0.39 is 0 Å². The summed E-state index contributed by atoms with van der Waals surface area (Å²) < 4.78 is 2.07. The summed E-state index contributed by atoms with van der Waals surface area (Å²) in [6.45, 7) is 2.27. The van der Waals surface area contributed by atoms with Crippen LogP contribution >= 0.6 is 24.8 Å². The smallest absolute Gasteiger partial charge is 0.226 e. The first-order chi connectivity index (χ1) is 11.8. The van der Waals surface area contributed by atoms with Crippen molar-refractivity contribution in [1.82, 2.24) is 19.5 Å². The predicted molar refractivity (Wildman–Crippen MR) is 106 cm³/mol. The van der Waals surface area contributed by atoms with E-state index in [-0.39, 0.29) is 30.7 Å². The van der Waals surface area contributed by atoms with E-state index in [1.54, 1.807) is 0 Å². The van der Waals surface area contributed by atoms with Crippen molar-refractivity contribution in [2.24, 2.45) is 17.6 Å². The number of carbonyl (C=O) groups excluding carboxylic acids is 1. The normalized spacial score (nSPS) is 23.5. The highest BCUT2D eigenvalue weighted by Crippen LogP contribution is 2.34. The summed E-state index contributed by atoms with van der Waals surface area (Å²) in [6, 6.07) is 5.96. The van der Waals surface area contributed by atoms with Gasteiger partial charge in [-0.3, -0.25) is 9.20 Å². The lowest BCUT2D eigenvalue weighted by Gasteiger charge is -2.34. The zero-order valence-corrected chi connectivity index (χ0v) is 16.4. The van der Waals surface area contributed by atoms with Crippen LogP contribution in [0.3, 0.4) is 0 Å². The van der Waals surface area contributed by atoms with Crippen molar-refractivity contribution in [3.8, 4) is 0 Å². The van der Waals surface area contributed by atoms with Gasteiger partial charge in [0.2, 0.25) is 5.91 Å². The molecule has 3 heterocycles. The van der Waals surface area contributed by atoms with E-state index in [0.717, 1.165) is 56.7 Å². The van der Waals surface area contributed by atoms with E-state index >= 15 is 0 Å². The van der Waals surface area contributed by atoms with Gasteiger partial charge in [0.15, 0.2) is 5.65 Å². The van der Waals surface area contributed by atoms with E-state index in [2.05, 4.69) is 19.5 Å². The molecule has 2 aliphatic rings. The lowest BCUT2D eigenvalue weighted by atomic mass is 9.91. The molecule has 0 spiro atoms. The molecule has 2 aromatic rings. The fraction of sp³-hybridized carbons (Fsp3) is 0.611. The highest BCUT2D eigenvalue weighted by molar-refractivity contribution is 5.85. The molecule has 1 saturated carbocycles. The van der Waals surface area contributed by atoms with Crippen molar-refractivity contribution in [2.75, 3.05) is 19.6 Å². The lowest BCUT2D eigenvalue weighted by molar-refractivity contribution is -0.137. The number of pyridine rings is 1. The number of aromatic nitrogens is 3. The standard InChI is InChI=1S/C18H25N5O.2ClH/c19-12-14-4-3-5-15(14)18(24)22-10-7-13(8-11-22)17-21-20-16-6-1-2-9-23(16)17;;/h1-2,6,9,13-15H,3-5,7-8,10-12,19H2;2*1H/t14-,15-;;/m1../s1. The highest BCUT2D eigenvalue weighted by atomic mass is 35.5. The predicted octanol–water partition coefficient (Wildman–Crippen LogP) is 2.65. The first-order valence-electron chi connectivity index (χ1n) is 9.06. The molecule has 2 aromatic heterocycles. The van der Waals surface area contributed by atoms with Crippen molar-refractivity contribution < 1.29 is 4.79 Å². The van der Waals surface area contributed by atoms with Gasteiger partial charge in [-0.25, -0.2) is 0 Å². The summed E-state index contributed by atoms with van der Waals surface area (Å²) in [6.07, 6.45) is 7.19. The van der Waals surface area contributed by atoms with Crippen LogP contribution in [0.2, 0.25) is 0 Å². The largest absolute Gasteiger partial charge is 0.342 e. The molecule has 4 rings (SSSR count). The Kier molecular flexibility index (Phi) is 7.26. The number of nitrogens with two attached hydrogens (primary N) is 1. The fourth-order valence-corrected chi connectivity index (χ4v) is 4.37. The van der Waals surface area contributed by atoms with Crippen molar-refractivity contribution in [3.05, 3.63) is 30.2 Å². The Morgan fingerprint density at radius 1 is 1.12 bits per heavy atom. The molecular weight excluding hydrogens is 373 g/mol. The van der Waals surface area contributed by atoms with Gasteiger partial charge in [-0.05, 0) is 50.3 Å². The van der Waals surface area contributed by atoms with Gasteiger partial charge in [0.1, 0.15) is 5.82 Å². The van der Waals surface area contributed by atoms with Gasteiger partial charge in [0.05, 0.1) is 0 Å². The Morgan fingerprint density at radius 3 is 2.62 bits per heavy atom. The molecule has 1 aliphatic carbocycles. The average molecular weight is 400 g/mol. The molecule has 0 unspecified atom stereocenters. The van der Waals surface area contributed by atoms with Crippen LogP contribution in [0.1, 0.15) is 43.8 Å². The van der Waals surface area contributed by atoms with Gasteiger partial charge in [-0.1, -0.05) is 12.5 Å². The van der Waals surface area contributed by atoms with Crippen LogP contribution < -0.4 is 5.73 Å². The van der Waals surface area contributed by atoms with Crippen LogP contribution in [0, 0.1) is 11.8 Å². The molecule has 0 bridgehead atoms. The summed E-state index contributed by atoms with van der Waals surface area (Å²) in [5.41, 5.74) is 6.73. The zero-order chi connectivity index (χ0) is 16.5. The maximum absolute atomic E-state index is 12.8. The van der Waals surface area contributed by atoms with E-state index in [4.69, 9.17) is 5.73 Å². The first kappa shape index (κ1) is 20.9. The number of likely N-dealkylation sites (tertiary alicyclic amines) is 1. The minimum absolute atomic E-state index is 0. The number of fused-ring (bicyclic) bond motifs is 1. The molecule has 26 heavy (non-hydrogen) atoms. The molecule has 2 atom stereocenters. The third-order valence-corrected chi connectivity index (χ3v) is 5.79. The first-order valence-corrected chi connectivity index (χ1v) is 9.06. The SMILES string of the molecule is Cl.Cl.NC[C@H]1CCC[C@H]1C(=O)N1CCC(c2nnc3ccccn23)CC1. The number of nitrogens with zero attached hydrogens (tertiary/aromatic N) is 4. The Bertz CT molecular complexity index is 729. The number of hydrogen-bond acceptors (Lipinski definition) is 4. The second-order valence-corrected chi connectivity index (χ2v) is 7.12. The molecule has 1 amide bonds.